The van der Waals surface area contributed by atoms with E-state index >= 15 is 0 Å². The number of carboxylic acid groups (broad SMARTS) is 1. The number of nitrogens with zero attached hydrogens (tertiary/aromatic N) is 1. The van der Waals surface area contributed by atoms with Gasteiger partial charge in [0.2, 0.25) is 0 Å². The second kappa shape index (κ2) is 5.06. The molecule has 0 radical (unpaired) electrons. The number of hydrogen-bond acceptors (Lipinski definition) is 2. The first-order valence-electron chi connectivity index (χ1n) is 5.70. The third kappa shape index (κ3) is 2.70. The summed E-state index contributed by atoms with van der Waals surface area (Å²) < 4.78 is 14.2. The molecule has 0 saturated carbocycles. The van der Waals surface area contributed by atoms with Gasteiger partial charge in [-0.1, -0.05) is 12.1 Å². The molecule has 0 aliphatic heterocycles. The highest BCUT2D eigenvalue weighted by molar-refractivity contribution is 5.87. The first-order chi connectivity index (χ1) is 8.99. The second-order valence-corrected chi connectivity index (χ2v) is 4.20. The van der Waals surface area contributed by atoms with E-state index in [9.17, 15) is 14.0 Å². The molecule has 4 nitrogen and oxygen atoms in total. The molecule has 1 atom stereocenters. The van der Waals surface area contributed by atoms with E-state index in [1.54, 1.807) is 19.1 Å². The van der Waals surface area contributed by atoms with Crippen LogP contribution in [-0.2, 0) is 0 Å². The summed E-state index contributed by atoms with van der Waals surface area (Å²) in [6.07, 6.45) is 1.29. The van der Waals surface area contributed by atoms with Crippen molar-refractivity contribution in [2.24, 2.45) is 0 Å². The predicted octanol–water partition coefficient (Wildman–Crippen LogP) is 2.29. The van der Waals surface area contributed by atoms with Crippen LogP contribution in [0.2, 0.25) is 0 Å². The van der Waals surface area contributed by atoms with E-state index in [1.807, 2.05) is 0 Å². The van der Waals surface area contributed by atoms with Crippen molar-refractivity contribution in [3.8, 4) is 0 Å². The Morgan fingerprint density at radius 1 is 1.21 bits per heavy atom. The second-order valence-electron chi connectivity index (χ2n) is 4.20. The molecule has 0 aliphatic rings. The fraction of sp³-hybridized carbons (Fsp3) is 0.143. The van der Waals surface area contributed by atoms with Gasteiger partial charge in [-0.05, 0) is 30.7 Å². The van der Waals surface area contributed by atoms with Gasteiger partial charge >= 0.3 is 5.97 Å². The van der Waals surface area contributed by atoms with Crippen LogP contribution in [0.1, 0.15) is 28.9 Å². The first kappa shape index (κ1) is 13.0. The van der Waals surface area contributed by atoms with E-state index in [-0.39, 0.29) is 23.0 Å². The Bertz CT molecular complexity index is 661. The average molecular weight is 261 g/mol. The van der Waals surface area contributed by atoms with Crippen LogP contribution in [0.4, 0.5) is 4.39 Å². The molecular formula is C14H12FNO3. The van der Waals surface area contributed by atoms with Crippen molar-refractivity contribution in [1.29, 1.82) is 0 Å². The van der Waals surface area contributed by atoms with Crippen molar-refractivity contribution in [2.75, 3.05) is 0 Å². The lowest BCUT2D eigenvalue weighted by Gasteiger charge is -2.16. The van der Waals surface area contributed by atoms with E-state index in [2.05, 4.69) is 0 Å². The number of aromatic carboxylic acids is 1. The maximum absolute atomic E-state index is 12.9. The molecule has 2 aromatic rings. The number of benzene rings is 1. The summed E-state index contributed by atoms with van der Waals surface area (Å²) in [7, 11) is 0. The molecule has 1 heterocycles. The fourth-order valence-electron chi connectivity index (χ4n) is 1.83. The third-order valence-corrected chi connectivity index (χ3v) is 2.95. The van der Waals surface area contributed by atoms with Crippen LogP contribution >= 0.6 is 0 Å². The van der Waals surface area contributed by atoms with Gasteiger partial charge in [0.15, 0.2) is 0 Å². The van der Waals surface area contributed by atoms with Crippen LogP contribution in [0.5, 0.6) is 0 Å². The Hall–Kier alpha value is -2.43. The zero-order valence-electron chi connectivity index (χ0n) is 10.2. The number of pyridine rings is 1. The molecule has 19 heavy (non-hydrogen) atoms. The zero-order chi connectivity index (χ0) is 14.0. The largest absolute Gasteiger partial charge is 0.478 e. The maximum Gasteiger partial charge on any atom is 0.337 e. The minimum atomic E-state index is -1.10. The van der Waals surface area contributed by atoms with Crippen molar-refractivity contribution in [3.05, 3.63) is 69.9 Å². The monoisotopic (exact) mass is 261 g/mol. The molecular weight excluding hydrogens is 249 g/mol. The lowest BCUT2D eigenvalue weighted by atomic mass is 10.1. The molecule has 5 heteroatoms. The fourth-order valence-corrected chi connectivity index (χ4v) is 1.83. The van der Waals surface area contributed by atoms with Crippen molar-refractivity contribution in [2.45, 2.75) is 13.0 Å². The van der Waals surface area contributed by atoms with Gasteiger partial charge in [-0.25, -0.2) is 9.18 Å². The van der Waals surface area contributed by atoms with Crippen molar-refractivity contribution in [1.82, 2.24) is 4.57 Å². The number of rotatable bonds is 3. The van der Waals surface area contributed by atoms with Crippen LogP contribution in [0.15, 0.2) is 47.4 Å². The van der Waals surface area contributed by atoms with Gasteiger partial charge in [-0.15, -0.1) is 0 Å². The molecule has 1 N–H and O–H groups in total. The topological polar surface area (TPSA) is 59.3 Å². The van der Waals surface area contributed by atoms with Gasteiger partial charge in [0.1, 0.15) is 5.82 Å². The summed E-state index contributed by atoms with van der Waals surface area (Å²) in [6, 6.07) is 7.85. The Labute approximate surface area is 108 Å². The van der Waals surface area contributed by atoms with Crippen LogP contribution in [-0.4, -0.2) is 15.6 Å². The van der Waals surface area contributed by atoms with E-state index < -0.39 is 5.97 Å². The quantitative estimate of drug-likeness (QED) is 0.922. The molecule has 0 amide bonds. The zero-order valence-corrected chi connectivity index (χ0v) is 10.2. The normalized spacial score (nSPS) is 12.1. The smallest absolute Gasteiger partial charge is 0.337 e. The van der Waals surface area contributed by atoms with E-state index in [1.165, 1.54) is 35.0 Å². The van der Waals surface area contributed by atoms with Gasteiger partial charge in [-0.2, -0.15) is 0 Å². The Balaban J connectivity index is 2.45. The van der Waals surface area contributed by atoms with Gasteiger partial charge in [0.25, 0.3) is 5.56 Å². The number of hydrogen-bond donors (Lipinski definition) is 1. The Morgan fingerprint density at radius 2 is 1.84 bits per heavy atom. The maximum atomic E-state index is 12.9. The summed E-state index contributed by atoms with van der Waals surface area (Å²) in [4.78, 5) is 22.7. The predicted molar refractivity (Wildman–Crippen MR) is 67.9 cm³/mol. The SMILES string of the molecule is CC(c1ccc(F)cc1)n1cc(C(=O)O)ccc1=O. The highest BCUT2D eigenvalue weighted by Gasteiger charge is 2.12. The summed E-state index contributed by atoms with van der Waals surface area (Å²) in [6.45, 7) is 1.75. The molecule has 0 aliphatic carbocycles. The number of carbonyl (C=O) groups is 1. The van der Waals surface area contributed by atoms with E-state index in [0.717, 1.165) is 5.56 Å². The summed E-state index contributed by atoms with van der Waals surface area (Å²) in [5.41, 5.74) is 0.460. The Morgan fingerprint density at radius 3 is 2.42 bits per heavy atom. The third-order valence-electron chi connectivity index (χ3n) is 2.95. The van der Waals surface area contributed by atoms with Crippen LogP contribution in [0.25, 0.3) is 0 Å². The molecule has 0 bridgehead atoms. The van der Waals surface area contributed by atoms with Crippen LogP contribution < -0.4 is 5.56 Å². The molecule has 0 spiro atoms. The standard InChI is InChI=1S/C14H12FNO3/c1-9(10-2-5-12(15)6-3-10)16-8-11(14(18)19)4-7-13(16)17/h2-9H,1H3,(H,18,19). The Kier molecular flexibility index (Phi) is 3.46. The van der Waals surface area contributed by atoms with Gasteiger partial charge in [-0.3, -0.25) is 4.79 Å². The lowest BCUT2D eigenvalue weighted by Crippen LogP contribution is -2.24. The first-order valence-corrected chi connectivity index (χ1v) is 5.70. The lowest BCUT2D eigenvalue weighted by molar-refractivity contribution is 0.0695. The molecule has 1 aromatic carbocycles. The van der Waals surface area contributed by atoms with E-state index in [4.69, 9.17) is 5.11 Å². The summed E-state index contributed by atoms with van der Waals surface area (Å²) in [5.74, 6) is -1.46. The van der Waals surface area contributed by atoms with Gasteiger partial charge in [0, 0.05) is 12.3 Å². The summed E-state index contributed by atoms with van der Waals surface area (Å²) in [5, 5.41) is 8.92. The molecule has 0 saturated heterocycles. The minimum Gasteiger partial charge on any atom is -0.478 e. The minimum absolute atomic E-state index is 0.0357. The van der Waals surface area contributed by atoms with Crippen molar-refractivity contribution >= 4 is 5.97 Å². The number of aromatic nitrogens is 1. The molecule has 0 fully saturated rings. The van der Waals surface area contributed by atoms with E-state index in [0.29, 0.717) is 0 Å². The highest BCUT2D eigenvalue weighted by Crippen LogP contribution is 2.16. The molecule has 1 aromatic heterocycles. The van der Waals surface area contributed by atoms with Crippen molar-refractivity contribution < 1.29 is 14.3 Å². The van der Waals surface area contributed by atoms with Gasteiger partial charge < -0.3 is 9.67 Å². The van der Waals surface area contributed by atoms with Crippen LogP contribution in [0.3, 0.4) is 0 Å². The number of halogens is 1. The molecule has 2 rings (SSSR count). The summed E-state index contributed by atoms with van der Waals surface area (Å²) >= 11 is 0. The van der Waals surface area contributed by atoms with Crippen LogP contribution in [0, 0.1) is 5.82 Å². The van der Waals surface area contributed by atoms with Crippen molar-refractivity contribution in [3.63, 3.8) is 0 Å². The van der Waals surface area contributed by atoms with Gasteiger partial charge in [0.05, 0.1) is 11.6 Å². The molecule has 1 unspecified atom stereocenters. The highest BCUT2D eigenvalue weighted by atomic mass is 19.1. The molecule has 98 valence electrons. The number of carboxylic acids is 1. The average Bonchev–Trinajstić information content (AvgIpc) is 2.39.